The average Bonchev–Trinajstić information content (AvgIpc) is 2.87. The number of benzene rings is 2. The molecule has 0 radical (unpaired) electrons. The Bertz CT molecular complexity index is 750. The standard InChI is InChI=1S/C18H19NS/c19-13-10-8-12(9-11-13)14-5-3-6-16-15-4-1-2-7-17(15)20-18(14)16/h1-7,12-13H,8-11,19H2. The molecule has 0 atom stereocenters. The van der Waals surface area contributed by atoms with Crippen molar-refractivity contribution in [1.29, 1.82) is 0 Å². The van der Waals surface area contributed by atoms with Crippen molar-refractivity contribution in [2.45, 2.75) is 37.6 Å². The zero-order valence-corrected chi connectivity index (χ0v) is 12.3. The van der Waals surface area contributed by atoms with Crippen LogP contribution in [0.3, 0.4) is 0 Å². The number of hydrogen-bond donors (Lipinski definition) is 1. The second-order valence-electron chi connectivity index (χ2n) is 5.93. The number of hydrogen-bond acceptors (Lipinski definition) is 2. The van der Waals surface area contributed by atoms with E-state index in [0.717, 1.165) is 0 Å². The summed E-state index contributed by atoms with van der Waals surface area (Å²) in [5.41, 5.74) is 7.60. The van der Waals surface area contributed by atoms with E-state index in [1.807, 2.05) is 11.3 Å². The third-order valence-electron chi connectivity index (χ3n) is 4.65. The fourth-order valence-electron chi connectivity index (χ4n) is 3.52. The van der Waals surface area contributed by atoms with Crippen molar-refractivity contribution in [3.63, 3.8) is 0 Å². The van der Waals surface area contributed by atoms with Crippen molar-refractivity contribution < 1.29 is 0 Å². The first kappa shape index (κ1) is 12.4. The summed E-state index contributed by atoms with van der Waals surface area (Å²) in [6.07, 6.45) is 4.83. The van der Waals surface area contributed by atoms with Crippen LogP contribution in [-0.2, 0) is 0 Å². The minimum Gasteiger partial charge on any atom is -0.328 e. The Morgan fingerprint density at radius 2 is 1.60 bits per heavy atom. The first-order valence-electron chi connectivity index (χ1n) is 7.48. The summed E-state index contributed by atoms with van der Waals surface area (Å²) in [7, 11) is 0. The SMILES string of the molecule is NC1CCC(c2cccc3c2sc2ccccc23)CC1. The molecule has 102 valence electrons. The maximum atomic E-state index is 6.05. The fraction of sp³-hybridized carbons (Fsp3) is 0.333. The van der Waals surface area contributed by atoms with E-state index in [4.69, 9.17) is 5.73 Å². The van der Waals surface area contributed by atoms with Gasteiger partial charge in [-0.05, 0) is 43.2 Å². The van der Waals surface area contributed by atoms with Gasteiger partial charge in [-0.1, -0.05) is 36.4 Å². The molecule has 0 unspecified atom stereocenters. The third-order valence-corrected chi connectivity index (χ3v) is 5.88. The van der Waals surface area contributed by atoms with E-state index in [9.17, 15) is 0 Å². The molecule has 1 aliphatic rings. The molecule has 1 fully saturated rings. The lowest BCUT2D eigenvalue weighted by atomic mass is 9.82. The van der Waals surface area contributed by atoms with E-state index in [1.54, 1.807) is 5.56 Å². The van der Waals surface area contributed by atoms with Gasteiger partial charge in [0.15, 0.2) is 0 Å². The largest absolute Gasteiger partial charge is 0.328 e. The summed E-state index contributed by atoms with van der Waals surface area (Å²) in [5.74, 6) is 0.701. The Labute approximate surface area is 123 Å². The normalized spacial score (nSPS) is 23.4. The second-order valence-corrected chi connectivity index (χ2v) is 6.99. The summed E-state index contributed by atoms with van der Waals surface area (Å²) >= 11 is 1.95. The van der Waals surface area contributed by atoms with Crippen LogP contribution >= 0.6 is 11.3 Å². The molecule has 20 heavy (non-hydrogen) atoms. The molecule has 2 heteroatoms. The number of nitrogens with two attached hydrogens (primary N) is 1. The molecule has 1 heterocycles. The molecule has 0 saturated heterocycles. The second kappa shape index (κ2) is 4.87. The van der Waals surface area contributed by atoms with Crippen LogP contribution in [0.2, 0.25) is 0 Å². The van der Waals surface area contributed by atoms with Crippen LogP contribution < -0.4 is 5.73 Å². The predicted octanol–water partition coefficient (Wildman–Crippen LogP) is 5.04. The topological polar surface area (TPSA) is 26.0 Å². The molecular formula is C18H19NS. The minimum absolute atomic E-state index is 0.424. The van der Waals surface area contributed by atoms with Gasteiger partial charge in [0.1, 0.15) is 0 Å². The van der Waals surface area contributed by atoms with Gasteiger partial charge >= 0.3 is 0 Å². The Kier molecular flexibility index (Phi) is 3.01. The molecule has 0 spiro atoms. The van der Waals surface area contributed by atoms with Crippen molar-refractivity contribution in [2.75, 3.05) is 0 Å². The number of thiophene rings is 1. The monoisotopic (exact) mass is 281 g/mol. The van der Waals surface area contributed by atoms with Gasteiger partial charge in [-0.2, -0.15) is 0 Å². The Morgan fingerprint density at radius 1 is 0.850 bits per heavy atom. The molecule has 1 saturated carbocycles. The first-order chi connectivity index (χ1) is 9.83. The fourth-order valence-corrected chi connectivity index (χ4v) is 4.82. The van der Waals surface area contributed by atoms with Crippen LogP contribution in [0.4, 0.5) is 0 Å². The third kappa shape index (κ3) is 1.95. The summed E-state index contributed by atoms with van der Waals surface area (Å²) in [5, 5.41) is 2.83. The van der Waals surface area contributed by atoms with Gasteiger partial charge in [0.25, 0.3) is 0 Å². The highest BCUT2D eigenvalue weighted by molar-refractivity contribution is 7.26. The van der Waals surface area contributed by atoms with E-state index in [1.165, 1.54) is 45.9 Å². The zero-order valence-electron chi connectivity index (χ0n) is 11.5. The molecule has 0 bridgehead atoms. The maximum Gasteiger partial charge on any atom is 0.0390 e. The summed E-state index contributed by atoms with van der Waals surface area (Å²) < 4.78 is 2.90. The first-order valence-corrected chi connectivity index (χ1v) is 8.30. The van der Waals surface area contributed by atoms with Crippen LogP contribution in [-0.4, -0.2) is 6.04 Å². The van der Waals surface area contributed by atoms with Crippen LogP contribution in [0.5, 0.6) is 0 Å². The molecule has 3 aromatic rings. The van der Waals surface area contributed by atoms with Crippen molar-refractivity contribution >= 4 is 31.5 Å². The van der Waals surface area contributed by atoms with Crippen molar-refractivity contribution in [1.82, 2.24) is 0 Å². The highest BCUT2D eigenvalue weighted by Gasteiger charge is 2.22. The summed E-state index contributed by atoms with van der Waals surface area (Å²) in [6, 6.07) is 16.0. The smallest absolute Gasteiger partial charge is 0.0390 e. The molecule has 2 N–H and O–H groups in total. The number of fused-ring (bicyclic) bond motifs is 3. The van der Waals surface area contributed by atoms with Gasteiger partial charge in [0, 0.05) is 26.2 Å². The van der Waals surface area contributed by atoms with Gasteiger partial charge in [-0.3, -0.25) is 0 Å². The molecular weight excluding hydrogens is 262 g/mol. The van der Waals surface area contributed by atoms with Crippen LogP contribution in [0.15, 0.2) is 42.5 Å². The van der Waals surface area contributed by atoms with Crippen molar-refractivity contribution in [3.05, 3.63) is 48.0 Å². The molecule has 1 aliphatic carbocycles. The van der Waals surface area contributed by atoms with Gasteiger partial charge < -0.3 is 5.73 Å². The molecule has 1 aromatic heterocycles. The highest BCUT2D eigenvalue weighted by atomic mass is 32.1. The van der Waals surface area contributed by atoms with Gasteiger partial charge in [0.05, 0.1) is 0 Å². The lowest BCUT2D eigenvalue weighted by Crippen LogP contribution is -2.25. The maximum absolute atomic E-state index is 6.05. The molecule has 4 rings (SSSR count). The van der Waals surface area contributed by atoms with Gasteiger partial charge in [-0.25, -0.2) is 0 Å². The molecule has 1 nitrogen and oxygen atoms in total. The Hall–Kier alpha value is -1.38. The van der Waals surface area contributed by atoms with Gasteiger partial charge in [-0.15, -0.1) is 11.3 Å². The lowest BCUT2D eigenvalue weighted by Gasteiger charge is -2.26. The van der Waals surface area contributed by atoms with Crippen LogP contribution in [0, 0.1) is 0 Å². The van der Waals surface area contributed by atoms with E-state index >= 15 is 0 Å². The van der Waals surface area contributed by atoms with Crippen LogP contribution in [0.25, 0.3) is 20.2 Å². The highest BCUT2D eigenvalue weighted by Crippen LogP contribution is 2.41. The van der Waals surface area contributed by atoms with E-state index < -0.39 is 0 Å². The lowest BCUT2D eigenvalue weighted by molar-refractivity contribution is 0.397. The Balaban J connectivity index is 1.87. The zero-order chi connectivity index (χ0) is 13.5. The quantitative estimate of drug-likeness (QED) is 0.664. The summed E-state index contributed by atoms with van der Waals surface area (Å²) in [4.78, 5) is 0. The van der Waals surface area contributed by atoms with E-state index in [-0.39, 0.29) is 0 Å². The predicted molar refractivity (Wildman–Crippen MR) is 88.5 cm³/mol. The van der Waals surface area contributed by atoms with E-state index in [0.29, 0.717) is 12.0 Å². The van der Waals surface area contributed by atoms with Crippen LogP contribution in [0.1, 0.15) is 37.2 Å². The average molecular weight is 281 g/mol. The molecule has 2 aromatic carbocycles. The van der Waals surface area contributed by atoms with Crippen molar-refractivity contribution in [2.24, 2.45) is 5.73 Å². The van der Waals surface area contributed by atoms with Crippen molar-refractivity contribution in [3.8, 4) is 0 Å². The minimum atomic E-state index is 0.424. The number of rotatable bonds is 1. The molecule has 0 aliphatic heterocycles. The van der Waals surface area contributed by atoms with E-state index in [2.05, 4.69) is 42.5 Å². The van der Waals surface area contributed by atoms with Gasteiger partial charge in [0.2, 0.25) is 0 Å². The Morgan fingerprint density at radius 3 is 2.45 bits per heavy atom. The molecule has 0 amide bonds. The summed E-state index contributed by atoms with van der Waals surface area (Å²) in [6.45, 7) is 0.